The van der Waals surface area contributed by atoms with E-state index >= 15 is 0 Å². The van der Waals surface area contributed by atoms with Gasteiger partial charge in [0.25, 0.3) is 0 Å². The van der Waals surface area contributed by atoms with Crippen LogP contribution < -0.4 is 5.73 Å². The smallest absolute Gasteiger partial charge is 0.00964 e. The van der Waals surface area contributed by atoms with Crippen LogP contribution in [0.2, 0.25) is 0 Å². The zero-order valence-corrected chi connectivity index (χ0v) is 12.1. The highest BCUT2D eigenvalue weighted by Crippen LogP contribution is 2.23. The van der Waals surface area contributed by atoms with Gasteiger partial charge in [-0.25, -0.2) is 0 Å². The molecule has 0 unspecified atom stereocenters. The van der Waals surface area contributed by atoms with Crippen LogP contribution >= 0.6 is 0 Å². The fraction of sp³-hybridized carbons (Fsp3) is 1.00. The second-order valence-corrected chi connectivity index (χ2v) is 6.14. The molecule has 2 heteroatoms. The van der Waals surface area contributed by atoms with Crippen molar-refractivity contribution in [3.05, 3.63) is 0 Å². The third kappa shape index (κ3) is 5.87. The van der Waals surface area contributed by atoms with Crippen LogP contribution in [0.4, 0.5) is 0 Å². The summed E-state index contributed by atoms with van der Waals surface area (Å²) in [5, 5.41) is 0. The molecule has 17 heavy (non-hydrogen) atoms. The van der Waals surface area contributed by atoms with E-state index in [2.05, 4.69) is 25.7 Å². The SMILES string of the molecule is CCCN(CCCC(C)C)C1CCC(N)CC1. The Kier molecular flexibility index (Phi) is 7.14. The number of hydrogen-bond acceptors (Lipinski definition) is 2. The Bertz CT molecular complexity index is 183. The molecular weight excluding hydrogens is 208 g/mol. The summed E-state index contributed by atoms with van der Waals surface area (Å²) in [5.74, 6) is 0.846. The van der Waals surface area contributed by atoms with Crippen molar-refractivity contribution < 1.29 is 0 Å². The maximum absolute atomic E-state index is 5.99. The molecule has 0 aromatic carbocycles. The summed E-state index contributed by atoms with van der Waals surface area (Å²) in [4.78, 5) is 2.73. The van der Waals surface area contributed by atoms with Crippen molar-refractivity contribution in [3.8, 4) is 0 Å². The lowest BCUT2D eigenvalue weighted by molar-refractivity contribution is 0.145. The minimum Gasteiger partial charge on any atom is -0.328 e. The summed E-state index contributed by atoms with van der Waals surface area (Å²) in [5.41, 5.74) is 5.99. The van der Waals surface area contributed by atoms with Gasteiger partial charge in [-0.15, -0.1) is 0 Å². The average Bonchev–Trinajstić information content (AvgIpc) is 2.29. The molecular formula is C15H32N2. The lowest BCUT2D eigenvalue weighted by Crippen LogP contribution is -2.41. The van der Waals surface area contributed by atoms with Crippen molar-refractivity contribution in [2.24, 2.45) is 11.7 Å². The van der Waals surface area contributed by atoms with Crippen molar-refractivity contribution in [1.82, 2.24) is 4.90 Å². The molecule has 0 aromatic rings. The second-order valence-electron chi connectivity index (χ2n) is 6.14. The maximum atomic E-state index is 5.99. The van der Waals surface area contributed by atoms with Crippen LogP contribution in [0.5, 0.6) is 0 Å². The predicted molar refractivity (Wildman–Crippen MR) is 76.2 cm³/mol. The van der Waals surface area contributed by atoms with E-state index in [0.717, 1.165) is 12.0 Å². The molecule has 0 heterocycles. The van der Waals surface area contributed by atoms with Crippen LogP contribution in [-0.2, 0) is 0 Å². The quantitative estimate of drug-likeness (QED) is 0.739. The molecule has 0 saturated heterocycles. The molecule has 0 aromatic heterocycles. The first kappa shape index (κ1) is 15.0. The highest BCUT2D eigenvalue weighted by atomic mass is 15.1. The average molecular weight is 240 g/mol. The van der Waals surface area contributed by atoms with E-state index in [1.165, 1.54) is 58.0 Å². The predicted octanol–water partition coefficient (Wildman–Crippen LogP) is 3.40. The van der Waals surface area contributed by atoms with Crippen molar-refractivity contribution in [2.45, 2.75) is 77.8 Å². The summed E-state index contributed by atoms with van der Waals surface area (Å²) < 4.78 is 0. The number of nitrogens with two attached hydrogens (primary N) is 1. The van der Waals surface area contributed by atoms with Gasteiger partial charge in [-0.3, -0.25) is 0 Å². The fourth-order valence-electron chi connectivity index (χ4n) is 2.93. The van der Waals surface area contributed by atoms with Gasteiger partial charge in [0.1, 0.15) is 0 Å². The van der Waals surface area contributed by atoms with E-state index in [1.807, 2.05) is 0 Å². The van der Waals surface area contributed by atoms with Crippen LogP contribution in [-0.4, -0.2) is 30.1 Å². The van der Waals surface area contributed by atoms with Gasteiger partial charge in [0.2, 0.25) is 0 Å². The highest BCUT2D eigenvalue weighted by molar-refractivity contribution is 4.81. The molecule has 1 rings (SSSR count). The van der Waals surface area contributed by atoms with E-state index in [1.54, 1.807) is 0 Å². The largest absolute Gasteiger partial charge is 0.328 e. The summed E-state index contributed by atoms with van der Waals surface area (Å²) in [6.07, 6.45) is 9.12. The van der Waals surface area contributed by atoms with Crippen LogP contribution in [0.3, 0.4) is 0 Å². The first-order chi connectivity index (χ1) is 8.13. The minimum atomic E-state index is 0.477. The van der Waals surface area contributed by atoms with E-state index in [0.29, 0.717) is 6.04 Å². The zero-order valence-electron chi connectivity index (χ0n) is 12.1. The normalized spacial score (nSPS) is 25.8. The molecule has 102 valence electrons. The topological polar surface area (TPSA) is 29.3 Å². The van der Waals surface area contributed by atoms with Crippen LogP contribution in [0.25, 0.3) is 0 Å². The molecule has 0 aliphatic heterocycles. The van der Waals surface area contributed by atoms with Gasteiger partial charge in [0, 0.05) is 12.1 Å². The van der Waals surface area contributed by atoms with Gasteiger partial charge in [0.15, 0.2) is 0 Å². The van der Waals surface area contributed by atoms with E-state index in [9.17, 15) is 0 Å². The van der Waals surface area contributed by atoms with Crippen molar-refractivity contribution in [2.75, 3.05) is 13.1 Å². The van der Waals surface area contributed by atoms with Crippen LogP contribution in [0.15, 0.2) is 0 Å². The van der Waals surface area contributed by atoms with Gasteiger partial charge in [0.05, 0.1) is 0 Å². The number of hydrogen-bond donors (Lipinski definition) is 1. The summed E-state index contributed by atoms with van der Waals surface area (Å²) >= 11 is 0. The molecule has 0 atom stereocenters. The lowest BCUT2D eigenvalue weighted by Gasteiger charge is -2.36. The first-order valence-corrected chi connectivity index (χ1v) is 7.63. The molecule has 0 radical (unpaired) electrons. The monoisotopic (exact) mass is 240 g/mol. The summed E-state index contributed by atoms with van der Waals surface area (Å²) in [6, 6.07) is 1.30. The Hall–Kier alpha value is -0.0800. The third-order valence-corrected chi connectivity index (χ3v) is 4.00. The fourth-order valence-corrected chi connectivity index (χ4v) is 2.93. The maximum Gasteiger partial charge on any atom is 0.00964 e. The van der Waals surface area contributed by atoms with E-state index in [4.69, 9.17) is 5.73 Å². The Morgan fingerprint density at radius 2 is 1.76 bits per heavy atom. The van der Waals surface area contributed by atoms with E-state index < -0.39 is 0 Å². The van der Waals surface area contributed by atoms with Crippen molar-refractivity contribution in [1.29, 1.82) is 0 Å². The molecule has 0 amide bonds. The molecule has 1 aliphatic rings. The molecule has 0 spiro atoms. The van der Waals surface area contributed by atoms with Gasteiger partial charge >= 0.3 is 0 Å². The number of rotatable bonds is 7. The van der Waals surface area contributed by atoms with Crippen molar-refractivity contribution in [3.63, 3.8) is 0 Å². The van der Waals surface area contributed by atoms with Crippen LogP contribution in [0, 0.1) is 5.92 Å². The molecule has 0 bridgehead atoms. The summed E-state index contributed by atoms with van der Waals surface area (Å²) in [6.45, 7) is 9.52. The standard InChI is InChI=1S/C15H32N2/c1-4-11-17(12-5-6-13(2)3)15-9-7-14(16)8-10-15/h13-15H,4-12,16H2,1-3H3. The van der Waals surface area contributed by atoms with E-state index in [-0.39, 0.29) is 0 Å². The molecule has 1 fully saturated rings. The Balaban J connectivity index is 2.31. The first-order valence-electron chi connectivity index (χ1n) is 7.63. The highest BCUT2D eigenvalue weighted by Gasteiger charge is 2.23. The number of nitrogens with zero attached hydrogens (tertiary/aromatic N) is 1. The molecule has 2 N–H and O–H groups in total. The zero-order chi connectivity index (χ0) is 12.7. The molecule has 2 nitrogen and oxygen atoms in total. The van der Waals surface area contributed by atoms with Gasteiger partial charge in [-0.1, -0.05) is 20.8 Å². The van der Waals surface area contributed by atoms with Gasteiger partial charge < -0.3 is 10.6 Å². The lowest BCUT2D eigenvalue weighted by atomic mass is 9.90. The second kappa shape index (κ2) is 8.10. The molecule has 1 saturated carbocycles. The molecule has 1 aliphatic carbocycles. The van der Waals surface area contributed by atoms with Crippen LogP contribution in [0.1, 0.15) is 65.7 Å². The third-order valence-electron chi connectivity index (χ3n) is 4.00. The Morgan fingerprint density at radius 3 is 2.29 bits per heavy atom. The van der Waals surface area contributed by atoms with Gasteiger partial charge in [-0.2, -0.15) is 0 Å². The Labute approximate surface area is 108 Å². The van der Waals surface area contributed by atoms with Crippen molar-refractivity contribution >= 4 is 0 Å². The van der Waals surface area contributed by atoms with Gasteiger partial charge in [-0.05, 0) is 64.0 Å². The minimum absolute atomic E-state index is 0.477. The Morgan fingerprint density at radius 1 is 1.12 bits per heavy atom. The summed E-state index contributed by atoms with van der Waals surface area (Å²) in [7, 11) is 0.